The normalized spacial score (nSPS) is 19.0. The Hall–Kier alpha value is -1.26. The van der Waals surface area contributed by atoms with Crippen LogP contribution in [-0.4, -0.2) is 39.8 Å². The van der Waals surface area contributed by atoms with Crippen LogP contribution in [0, 0.1) is 0 Å². The molecular formula is C13H20N2O2. The van der Waals surface area contributed by atoms with Crippen molar-refractivity contribution in [1.82, 2.24) is 10.2 Å². The summed E-state index contributed by atoms with van der Waals surface area (Å²) in [5.41, 5.74) is 2.53. The molecule has 0 radical (unpaired) electrons. The van der Waals surface area contributed by atoms with E-state index in [1.54, 1.807) is 14.2 Å². The minimum absolute atomic E-state index is 0.347. The summed E-state index contributed by atoms with van der Waals surface area (Å²) in [6, 6.07) is 4.39. The number of nitrogens with zero attached hydrogens (tertiary/aromatic N) is 1. The third kappa shape index (κ3) is 2.23. The summed E-state index contributed by atoms with van der Waals surface area (Å²) in [4.78, 5) is 2.21. The average Bonchev–Trinajstić information content (AvgIpc) is 2.36. The molecule has 1 aromatic carbocycles. The molecule has 0 saturated heterocycles. The van der Waals surface area contributed by atoms with Gasteiger partial charge in [-0.05, 0) is 25.7 Å². The van der Waals surface area contributed by atoms with Crippen LogP contribution < -0.4 is 14.8 Å². The molecule has 4 heteroatoms. The van der Waals surface area contributed by atoms with Crippen LogP contribution in [0.25, 0.3) is 0 Å². The van der Waals surface area contributed by atoms with Crippen molar-refractivity contribution in [3.8, 4) is 11.5 Å². The summed E-state index contributed by atoms with van der Waals surface area (Å²) < 4.78 is 10.8. The maximum Gasteiger partial charge on any atom is 0.127 e. The van der Waals surface area contributed by atoms with E-state index in [0.717, 1.165) is 24.6 Å². The highest BCUT2D eigenvalue weighted by molar-refractivity contribution is 5.49. The molecule has 94 valence electrons. The van der Waals surface area contributed by atoms with Gasteiger partial charge in [0.15, 0.2) is 0 Å². The zero-order valence-corrected chi connectivity index (χ0v) is 10.9. The molecule has 0 aromatic heterocycles. The Kier molecular flexibility index (Phi) is 3.54. The second-order valence-electron chi connectivity index (χ2n) is 4.51. The van der Waals surface area contributed by atoms with Crippen LogP contribution >= 0.6 is 0 Å². The summed E-state index contributed by atoms with van der Waals surface area (Å²) in [5, 5.41) is 3.42. The number of fused-ring (bicyclic) bond motifs is 1. The summed E-state index contributed by atoms with van der Waals surface area (Å²) in [5.74, 6) is 1.77. The van der Waals surface area contributed by atoms with Gasteiger partial charge in [-0.2, -0.15) is 0 Å². The maximum absolute atomic E-state index is 5.50. The number of hydrogen-bond acceptors (Lipinski definition) is 4. The molecule has 2 rings (SSSR count). The van der Waals surface area contributed by atoms with E-state index >= 15 is 0 Å². The molecule has 1 atom stereocenters. The molecule has 1 aliphatic rings. The topological polar surface area (TPSA) is 33.7 Å². The van der Waals surface area contributed by atoms with Crippen molar-refractivity contribution < 1.29 is 9.47 Å². The van der Waals surface area contributed by atoms with Crippen molar-refractivity contribution in [3.63, 3.8) is 0 Å². The van der Waals surface area contributed by atoms with Crippen LogP contribution in [0.3, 0.4) is 0 Å². The lowest BCUT2D eigenvalue weighted by Gasteiger charge is -2.32. The Bertz CT molecular complexity index is 387. The number of methoxy groups -OCH3 is 2. The predicted octanol–water partition coefficient (Wildman–Crippen LogP) is 1.41. The van der Waals surface area contributed by atoms with Gasteiger partial charge in [0, 0.05) is 24.7 Å². The van der Waals surface area contributed by atoms with E-state index in [2.05, 4.69) is 30.4 Å². The lowest BCUT2D eigenvalue weighted by Crippen LogP contribution is -2.36. The van der Waals surface area contributed by atoms with Gasteiger partial charge in [-0.15, -0.1) is 0 Å². The van der Waals surface area contributed by atoms with Crippen molar-refractivity contribution in [3.05, 3.63) is 23.3 Å². The van der Waals surface area contributed by atoms with E-state index in [1.165, 1.54) is 11.1 Å². The van der Waals surface area contributed by atoms with Crippen molar-refractivity contribution in [2.75, 3.05) is 34.9 Å². The predicted molar refractivity (Wildman–Crippen MR) is 67.7 cm³/mol. The van der Waals surface area contributed by atoms with Gasteiger partial charge >= 0.3 is 0 Å². The van der Waals surface area contributed by atoms with E-state index in [4.69, 9.17) is 9.47 Å². The molecule has 1 aromatic rings. The van der Waals surface area contributed by atoms with Gasteiger partial charge < -0.3 is 19.7 Å². The first-order valence-corrected chi connectivity index (χ1v) is 5.79. The number of likely N-dealkylation sites (N-methyl/N-ethyl adjacent to an activating group) is 1. The fraction of sp³-hybridized carbons (Fsp3) is 0.538. The molecule has 0 unspecified atom stereocenters. The van der Waals surface area contributed by atoms with Crippen LogP contribution in [0.5, 0.6) is 11.5 Å². The molecule has 0 fully saturated rings. The molecule has 1 aliphatic heterocycles. The molecule has 1 heterocycles. The first-order chi connectivity index (χ1) is 8.17. The Morgan fingerprint density at radius 1 is 1.24 bits per heavy atom. The molecule has 17 heavy (non-hydrogen) atoms. The van der Waals surface area contributed by atoms with Crippen molar-refractivity contribution >= 4 is 0 Å². The fourth-order valence-electron chi connectivity index (χ4n) is 2.35. The van der Waals surface area contributed by atoms with Crippen LogP contribution in [-0.2, 0) is 6.54 Å². The molecule has 0 saturated carbocycles. The third-order valence-electron chi connectivity index (χ3n) is 3.27. The first kappa shape index (κ1) is 12.2. The third-order valence-corrected chi connectivity index (χ3v) is 3.27. The summed E-state index contributed by atoms with van der Waals surface area (Å²) in [6.07, 6.45) is 0. The first-order valence-electron chi connectivity index (χ1n) is 5.79. The highest BCUT2D eigenvalue weighted by Gasteiger charge is 2.26. The summed E-state index contributed by atoms with van der Waals surface area (Å²) in [6.45, 7) is 1.82. The standard InChI is InChI=1S/C13H20N2O2/c1-15(2)11-8-14-7-9-5-10(16-3)6-12(17-4)13(9)11/h5-6,11,14H,7-8H2,1-4H3/t11-/m0/s1. The number of ether oxygens (including phenoxy) is 2. The Morgan fingerprint density at radius 2 is 2.00 bits per heavy atom. The van der Waals surface area contributed by atoms with E-state index in [1.807, 2.05) is 6.07 Å². The second kappa shape index (κ2) is 4.94. The van der Waals surface area contributed by atoms with Crippen molar-refractivity contribution in [1.29, 1.82) is 0 Å². The van der Waals surface area contributed by atoms with Crippen LogP contribution in [0.15, 0.2) is 12.1 Å². The zero-order chi connectivity index (χ0) is 12.4. The minimum Gasteiger partial charge on any atom is -0.497 e. The lowest BCUT2D eigenvalue weighted by atomic mass is 9.94. The van der Waals surface area contributed by atoms with E-state index in [9.17, 15) is 0 Å². The highest BCUT2D eigenvalue weighted by atomic mass is 16.5. The van der Waals surface area contributed by atoms with Crippen LogP contribution in [0.4, 0.5) is 0 Å². The Morgan fingerprint density at radius 3 is 2.59 bits per heavy atom. The SMILES string of the molecule is COc1cc2c(c(OC)c1)[C@@H](N(C)C)CNC2. The zero-order valence-electron chi connectivity index (χ0n) is 10.9. The van der Waals surface area contributed by atoms with Crippen LogP contribution in [0.1, 0.15) is 17.2 Å². The van der Waals surface area contributed by atoms with E-state index in [-0.39, 0.29) is 0 Å². The molecule has 0 aliphatic carbocycles. The maximum atomic E-state index is 5.50. The smallest absolute Gasteiger partial charge is 0.127 e. The van der Waals surface area contributed by atoms with Crippen LogP contribution in [0.2, 0.25) is 0 Å². The van der Waals surface area contributed by atoms with Gasteiger partial charge in [-0.3, -0.25) is 0 Å². The Labute approximate surface area is 103 Å². The largest absolute Gasteiger partial charge is 0.497 e. The highest BCUT2D eigenvalue weighted by Crippen LogP contribution is 2.37. The van der Waals surface area contributed by atoms with E-state index in [0.29, 0.717) is 6.04 Å². The average molecular weight is 236 g/mol. The molecule has 0 spiro atoms. The van der Waals surface area contributed by atoms with E-state index < -0.39 is 0 Å². The molecule has 4 nitrogen and oxygen atoms in total. The number of nitrogens with one attached hydrogen (secondary N) is 1. The van der Waals surface area contributed by atoms with Gasteiger partial charge in [0.2, 0.25) is 0 Å². The number of benzene rings is 1. The molecule has 0 bridgehead atoms. The van der Waals surface area contributed by atoms with Crippen molar-refractivity contribution in [2.45, 2.75) is 12.6 Å². The van der Waals surface area contributed by atoms with Gasteiger partial charge in [-0.1, -0.05) is 0 Å². The number of hydrogen-bond donors (Lipinski definition) is 1. The molecule has 0 amide bonds. The van der Waals surface area contributed by atoms with Gasteiger partial charge in [0.05, 0.1) is 20.3 Å². The van der Waals surface area contributed by atoms with Gasteiger partial charge in [-0.25, -0.2) is 0 Å². The van der Waals surface area contributed by atoms with Gasteiger partial charge in [0.1, 0.15) is 11.5 Å². The quantitative estimate of drug-likeness (QED) is 0.860. The summed E-state index contributed by atoms with van der Waals surface area (Å²) in [7, 11) is 7.57. The van der Waals surface area contributed by atoms with Crippen molar-refractivity contribution in [2.24, 2.45) is 0 Å². The summed E-state index contributed by atoms with van der Waals surface area (Å²) >= 11 is 0. The monoisotopic (exact) mass is 236 g/mol. The van der Waals surface area contributed by atoms with Gasteiger partial charge in [0.25, 0.3) is 0 Å². The second-order valence-corrected chi connectivity index (χ2v) is 4.51. The fourth-order valence-corrected chi connectivity index (χ4v) is 2.35. The molecular weight excluding hydrogens is 216 g/mol. The Balaban J connectivity index is 2.51. The number of rotatable bonds is 3. The lowest BCUT2D eigenvalue weighted by molar-refractivity contribution is 0.265. The minimum atomic E-state index is 0.347. The molecule has 1 N–H and O–H groups in total.